The van der Waals surface area contributed by atoms with Gasteiger partial charge >= 0.3 is 0 Å². The van der Waals surface area contributed by atoms with Crippen LogP contribution in [0.1, 0.15) is 24.2 Å². The monoisotopic (exact) mass is 375 g/mol. The van der Waals surface area contributed by atoms with Crippen molar-refractivity contribution in [3.63, 3.8) is 0 Å². The van der Waals surface area contributed by atoms with Gasteiger partial charge in [-0.2, -0.15) is 5.10 Å². The Balaban J connectivity index is 2.47. The van der Waals surface area contributed by atoms with Crippen molar-refractivity contribution in [1.82, 2.24) is 9.78 Å². The van der Waals surface area contributed by atoms with Crippen molar-refractivity contribution in [1.29, 1.82) is 0 Å². The topological polar surface area (TPSA) is 43.8 Å². The number of aromatic nitrogens is 2. The molecule has 0 saturated carbocycles. The molecule has 0 fully saturated rings. The van der Waals surface area contributed by atoms with E-state index in [0.29, 0.717) is 4.47 Å². The highest BCUT2D eigenvalue weighted by atomic mass is 79.9. The number of aryl methyl sites for hydroxylation is 1. The van der Waals surface area contributed by atoms with Crippen molar-refractivity contribution >= 4 is 31.9 Å². The van der Waals surface area contributed by atoms with Gasteiger partial charge in [0.15, 0.2) is 0 Å². The zero-order valence-corrected chi connectivity index (χ0v) is 12.9. The van der Waals surface area contributed by atoms with Gasteiger partial charge in [-0.1, -0.05) is 22.0 Å². The van der Waals surface area contributed by atoms with Crippen LogP contribution in [0.5, 0.6) is 0 Å². The first kappa shape index (κ1) is 13.7. The van der Waals surface area contributed by atoms with E-state index >= 15 is 0 Å². The quantitative estimate of drug-likeness (QED) is 0.889. The minimum absolute atomic E-state index is 0.291. The zero-order chi connectivity index (χ0) is 13.3. The minimum Gasteiger partial charge on any atom is -0.319 e. The molecule has 96 valence electrons. The Morgan fingerprint density at radius 2 is 2.11 bits per heavy atom. The lowest BCUT2D eigenvalue weighted by molar-refractivity contribution is 0.596. The van der Waals surface area contributed by atoms with E-state index in [2.05, 4.69) is 37.0 Å². The second-order valence-electron chi connectivity index (χ2n) is 3.84. The molecule has 0 saturated heterocycles. The van der Waals surface area contributed by atoms with Crippen molar-refractivity contribution < 1.29 is 4.39 Å². The van der Waals surface area contributed by atoms with Gasteiger partial charge in [0.25, 0.3) is 0 Å². The molecular formula is C12H12Br2FN3. The van der Waals surface area contributed by atoms with Crippen LogP contribution in [0.15, 0.2) is 33.3 Å². The SMILES string of the molecule is CCn1ncc(Br)c1C(N)c1ccc(F)cc1Br. The number of nitrogens with zero attached hydrogens (tertiary/aromatic N) is 2. The third-order valence-corrected chi connectivity index (χ3v) is 4.02. The Morgan fingerprint density at radius 1 is 1.39 bits per heavy atom. The maximum atomic E-state index is 13.1. The average Bonchev–Trinajstić information content (AvgIpc) is 2.69. The molecule has 3 nitrogen and oxygen atoms in total. The van der Waals surface area contributed by atoms with E-state index in [4.69, 9.17) is 5.73 Å². The summed E-state index contributed by atoms with van der Waals surface area (Å²) >= 11 is 6.78. The molecule has 2 rings (SSSR count). The molecule has 0 aliphatic heterocycles. The van der Waals surface area contributed by atoms with E-state index in [0.717, 1.165) is 22.3 Å². The Kier molecular flexibility index (Phi) is 4.19. The largest absolute Gasteiger partial charge is 0.319 e. The molecule has 0 aliphatic carbocycles. The van der Waals surface area contributed by atoms with Crippen LogP contribution in [0.3, 0.4) is 0 Å². The van der Waals surface area contributed by atoms with Gasteiger partial charge in [-0.15, -0.1) is 0 Å². The van der Waals surface area contributed by atoms with Crippen molar-refractivity contribution in [2.45, 2.75) is 19.5 Å². The van der Waals surface area contributed by atoms with Gasteiger partial charge in [0, 0.05) is 11.0 Å². The van der Waals surface area contributed by atoms with Gasteiger partial charge in [-0.05, 0) is 40.5 Å². The van der Waals surface area contributed by atoms with Crippen LogP contribution in [0.2, 0.25) is 0 Å². The van der Waals surface area contributed by atoms with Crippen LogP contribution >= 0.6 is 31.9 Å². The molecular weight excluding hydrogens is 365 g/mol. The van der Waals surface area contributed by atoms with Crippen LogP contribution in [-0.2, 0) is 6.54 Å². The summed E-state index contributed by atoms with van der Waals surface area (Å²) in [6.07, 6.45) is 1.72. The minimum atomic E-state index is -0.364. The maximum Gasteiger partial charge on any atom is 0.124 e. The summed E-state index contributed by atoms with van der Waals surface area (Å²) in [6.45, 7) is 2.73. The maximum absolute atomic E-state index is 13.1. The lowest BCUT2D eigenvalue weighted by Crippen LogP contribution is -2.18. The van der Waals surface area contributed by atoms with Gasteiger partial charge in [-0.25, -0.2) is 4.39 Å². The highest BCUT2D eigenvalue weighted by Gasteiger charge is 2.19. The molecule has 1 heterocycles. The van der Waals surface area contributed by atoms with Gasteiger partial charge in [0.05, 0.1) is 22.4 Å². The first-order valence-corrected chi connectivity index (χ1v) is 7.05. The van der Waals surface area contributed by atoms with Gasteiger partial charge in [-0.3, -0.25) is 4.68 Å². The summed E-state index contributed by atoms with van der Waals surface area (Å²) in [6, 6.07) is 4.14. The Bertz CT molecular complexity index is 568. The Labute approximate surface area is 121 Å². The number of rotatable bonds is 3. The third kappa shape index (κ3) is 2.50. The summed E-state index contributed by atoms with van der Waals surface area (Å²) in [5, 5.41) is 4.23. The lowest BCUT2D eigenvalue weighted by Gasteiger charge is -2.16. The smallest absolute Gasteiger partial charge is 0.124 e. The van der Waals surface area contributed by atoms with Crippen LogP contribution in [-0.4, -0.2) is 9.78 Å². The molecule has 6 heteroatoms. The van der Waals surface area contributed by atoms with E-state index in [-0.39, 0.29) is 11.9 Å². The second kappa shape index (κ2) is 5.50. The zero-order valence-electron chi connectivity index (χ0n) is 9.70. The third-order valence-electron chi connectivity index (χ3n) is 2.72. The number of hydrogen-bond donors (Lipinski definition) is 1. The van der Waals surface area contributed by atoms with Crippen molar-refractivity contribution in [3.8, 4) is 0 Å². The summed E-state index contributed by atoms with van der Waals surface area (Å²) < 4.78 is 16.4. The van der Waals surface area contributed by atoms with E-state index in [1.165, 1.54) is 12.1 Å². The van der Waals surface area contributed by atoms with Crippen LogP contribution in [0, 0.1) is 5.82 Å². The first-order valence-electron chi connectivity index (χ1n) is 5.46. The molecule has 18 heavy (non-hydrogen) atoms. The van der Waals surface area contributed by atoms with Gasteiger partial charge in [0.2, 0.25) is 0 Å². The predicted molar refractivity (Wildman–Crippen MR) is 75.7 cm³/mol. The molecule has 2 N–H and O–H groups in total. The molecule has 1 unspecified atom stereocenters. The van der Waals surface area contributed by atoms with E-state index in [1.54, 1.807) is 12.3 Å². The number of hydrogen-bond acceptors (Lipinski definition) is 2. The molecule has 0 radical (unpaired) electrons. The first-order chi connectivity index (χ1) is 8.54. The van der Waals surface area contributed by atoms with E-state index < -0.39 is 0 Å². The lowest BCUT2D eigenvalue weighted by atomic mass is 10.0. The van der Waals surface area contributed by atoms with E-state index in [1.807, 2.05) is 11.6 Å². The fourth-order valence-corrected chi connectivity index (χ4v) is 2.97. The molecule has 1 aromatic heterocycles. The molecule has 0 amide bonds. The van der Waals surface area contributed by atoms with Crippen LogP contribution in [0.4, 0.5) is 4.39 Å². The number of benzene rings is 1. The summed E-state index contributed by atoms with van der Waals surface area (Å²) in [7, 11) is 0. The fraction of sp³-hybridized carbons (Fsp3) is 0.250. The van der Waals surface area contributed by atoms with E-state index in [9.17, 15) is 4.39 Å². The van der Waals surface area contributed by atoms with Crippen molar-refractivity contribution in [2.24, 2.45) is 5.73 Å². The standard InChI is InChI=1S/C12H12Br2FN3/c1-2-18-12(10(14)6-17-18)11(16)8-4-3-7(15)5-9(8)13/h3-6,11H,2,16H2,1H3. The normalized spacial score (nSPS) is 12.7. The number of halogens is 3. The highest BCUT2D eigenvalue weighted by molar-refractivity contribution is 9.10. The predicted octanol–water partition coefficient (Wildman–Crippen LogP) is 3.62. The second-order valence-corrected chi connectivity index (χ2v) is 5.55. The molecule has 2 aromatic rings. The van der Waals surface area contributed by atoms with Crippen LogP contribution in [0.25, 0.3) is 0 Å². The number of nitrogens with two attached hydrogens (primary N) is 1. The summed E-state index contributed by atoms with van der Waals surface area (Å²) in [4.78, 5) is 0. The fourth-order valence-electron chi connectivity index (χ4n) is 1.83. The summed E-state index contributed by atoms with van der Waals surface area (Å²) in [5.41, 5.74) is 7.95. The average molecular weight is 377 g/mol. The summed E-state index contributed by atoms with van der Waals surface area (Å²) in [5.74, 6) is -0.291. The molecule has 0 spiro atoms. The van der Waals surface area contributed by atoms with Crippen LogP contribution < -0.4 is 5.73 Å². The highest BCUT2D eigenvalue weighted by Crippen LogP contribution is 2.31. The van der Waals surface area contributed by atoms with Gasteiger partial charge in [0.1, 0.15) is 5.82 Å². The molecule has 1 aromatic carbocycles. The Morgan fingerprint density at radius 3 is 2.72 bits per heavy atom. The van der Waals surface area contributed by atoms with Crippen molar-refractivity contribution in [2.75, 3.05) is 0 Å². The molecule has 0 aliphatic rings. The Hall–Kier alpha value is -0.720. The molecule has 1 atom stereocenters. The van der Waals surface area contributed by atoms with Gasteiger partial charge < -0.3 is 5.73 Å². The molecule has 0 bridgehead atoms. The van der Waals surface area contributed by atoms with Crippen molar-refractivity contribution in [3.05, 3.63) is 50.4 Å².